The number of rotatable bonds is 10. The van der Waals surface area contributed by atoms with Crippen LogP contribution in [0.25, 0.3) is 0 Å². The van der Waals surface area contributed by atoms with Gasteiger partial charge >= 0.3 is 5.97 Å². The van der Waals surface area contributed by atoms with Crippen molar-refractivity contribution in [3.63, 3.8) is 0 Å². The highest BCUT2D eigenvalue weighted by molar-refractivity contribution is 5.97. The minimum atomic E-state index is -0.946. The zero-order chi connectivity index (χ0) is 21.2. The standard InChI is InChI=1S/C22H27N3O4/c1-15(2)11-18(22(28)29)14-24-21(27)19(12-16-7-4-3-5-8-16)25-20(26)17-9-6-10-23-13-17/h3-10,13,15,18-19H,11-12,14H2,1-2H3,(H,24,27)(H,25,26)(H,28,29). The first-order valence-corrected chi connectivity index (χ1v) is 9.62. The number of hydrogen-bond donors (Lipinski definition) is 3. The number of nitrogens with zero attached hydrogens (tertiary/aromatic N) is 1. The van der Waals surface area contributed by atoms with Gasteiger partial charge in [-0.15, -0.1) is 0 Å². The second kappa shape index (κ2) is 10.9. The van der Waals surface area contributed by atoms with Crippen LogP contribution in [0.5, 0.6) is 0 Å². The Bertz CT molecular complexity index is 809. The van der Waals surface area contributed by atoms with Crippen molar-refractivity contribution in [1.82, 2.24) is 15.6 Å². The minimum absolute atomic E-state index is 0.0143. The summed E-state index contributed by atoms with van der Waals surface area (Å²) in [6.45, 7) is 3.88. The Balaban J connectivity index is 2.09. The largest absolute Gasteiger partial charge is 0.481 e. The minimum Gasteiger partial charge on any atom is -0.481 e. The molecule has 2 unspecified atom stereocenters. The zero-order valence-electron chi connectivity index (χ0n) is 16.7. The van der Waals surface area contributed by atoms with Crippen molar-refractivity contribution in [2.45, 2.75) is 32.7 Å². The van der Waals surface area contributed by atoms with E-state index in [1.165, 1.54) is 6.20 Å². The van der Waals surface area contributed by atoms with Crippen molar-refractivity contribution >= 4 is 17.8 Å². The summed E-state index contributed by atoms with van der Waals surface area (Å²) in [5.74, 6) is -2.26. The maximum atomic E-state index is 12.8. The molecule has 0 aliphatic heterocycles. The fourth-order valence-corrected chi connectivity index (χ4v) is 2.99. The number of carboxylic acids is 1. The number of aromatic nitrogens is 1. The monoisotopic (exact) mass is 397 g/mol. The summed E-state index contributed by atoms with van der Waals surface area (Å²) >= 11 is 0. The first-order valence-electron chi connectivity index (χ1n) is 9.62. The summed E-state index contributed by atoms with van der Waals surface area (Å²) in [6, 6.07) is 11.7. The van der Waals surface area contributed by atoms with Crippen LogP contribution in [-0.4, -0.2) is 40.5 Å². The topological polar surface area (TPSA) is 108 Å². The predicted octanol–water partition coefficient (Wildman–Crippen LogP) is 2.29. The zero-order valence-corrected chi connectivity index (χ0v) is 16.7. The van der Waals surface area contributed by atoms with Crippen molar-refractivity contribution in [1.29, 1.82) is 0 Å². The van der Waals surface area contributed by atoms with Crippen molar-refractivity contribution in [3.8, 4) is 0 Å². The van der Waals surface area contributed by atoms with E-state index in [0.29, 0.717) is 18.4 Å². The van der Waals surface area contributed by atoms with Gasteiger partial charge in [-0.3, -0.25) is 19.4 Å². The molecular formula is C22H27N3O4. The molecule has 0 fully saturated rings. The number of nitrogens with one attached hydrogen (secondary N) is 2. The maximum Gasteiger partial charge on any atom is 0.308 e. The number of hydrogen-bond acceptors (Lipinski definition) is 4. The molecule has 7 nitrogen and oxygen atoms in total. The smallest absolute Gasteiger partial charge is 0.308 e. The van der Waals surface area contributed by atoms with Gasteiger partial charge in [-0.2, -0.15) is 0 Å². The fraction of sp³-hybridized carbons (Fsp3) is 0.364. The Labute approximate surface area is 170 Å². The SMILES string of the molecule is CC(C)CC(CNC(=O)C(Cc1ccccc1)NC(=O)c1cccnc1)C(=O)O. The summed E-state index contributed by atoms with van der Waals surface area (Å²) in [5, 5.41) is 14.8. The first kappa shape index (κ1) is 22.1. The molecule has 154 valence electrons. The van der Waals surface area contributed by atoms with Crippen LogP contribution in [0.3, 0.4) is 0 Å². The van der Waals surface area contributed by atoms with Crippen LogP contribution in [0, 0.1) is 11.8 Å². The maximum absolute atomic E-state index is 12.8. The number of amides is 2. The quantitative estimate of drug-likeness (QED) is 0.570. The molecule has 7 heteroatoms. The normalized spacial score (nSPS) is 12.8. The molecule has 1 aromatic carbocycles. The van der Waals surface area contributed by atoms with Crippen molar-refractivity contribution < 1.29 is 19.5 Å². The average molecular weight is 397 g/mol. The molecule has 2 rings (SSSR count). The van der Waals surface area contributed by atoms with Gasteiger partial charge in [0.25, 0.3) is 5.91 Å². The molecule has 0 spiro atoms. The van der Waals surface area contributed by atoms with E-state index in [1.54, 1.807) is 18.3 Å². The number of carboxylic acid groups (broad SMARTS) is 1. The molecule has 3 N–H and O–H groups in total. The van der Waals surface area contributed by atoms with E-state index in [9.17, 15) is 19.5 Å². The van der Waals surface area contributed by atoms with Gasteiger partial charge in [0.2, 0.25) is 5.91 Å². The molecule has 29 heavy (non-hydrogen) atoms. The molecule has 0 saturated heterocycles. The van der Waals surface area contributed by atoms with Gasteiger partial charge in [0, 0.05) is 25.4 Å². The summed E-state index contributed by atoms with van der Waals surface area (Å²) in [7, 11) is 0. The Morgan fingerprint density at radius 3 is 2.38 bits per heavy atom. The third kappa shape index (κ3) is 7.37. The van der Waals surface area contributed by atoms with E-state index in [-0.39, 0.29) is 12.5 Å². The molecule has 1 aromatic heterocycles. The predicted molar refractivity (Wildman–Crippen MR) is 109 cm³/mol. The second-order valence-corrected chi connectivity index (χ2v) is 7.37. The average Bonchev–Trinajstić information content (AvgIpc) is 2.71. The summed E-state index contributed by atoms with van der Waals surface area (Å²) < 4.78 is 0. The van der Waals surface area contributed by atoms with Gasteiger partial charge in [0.15, 0.2) is 0 Å². The second-order valence-electron chi connectivity index (χ2n) is 7.37. The van der Waals surface area contributed by atoms with Crippen LogP contribution in [0.1, 0.15) is 36.2 Å². The molecule has 2 amide bonds. The van der Waals surface area contributed by atoms with Gasteiger partial charge in [0.05, 0.1) is 11.5 Å². The molecule has 0 radical (unpaired) electrons. The fourth-order valence-electron chi connectivity index (χ4n) is 2.99. The molecule has 0 saturated carbocycles. The van der Waals surface area contributed by atoms with E-state index in [0.717, 1.165) is 5.56 Å². The molecule has 2 atom stereocenters. The Morgan fingerprint density at radius 1 is 1.07 bits per heavy atom. The van der Waals surface area contributed by atoms with E-state index < -0.39 is 29.7 Å². The third-order valence-electron chi connectivity index (χ3n) is 4.46. The highest BCUT2D eigenvalue weighted by Gasteiger charge is 2.25. The van der Waals surface area contributed by atoms with Crippen LogP contribution in [0.4, 0.5) is 0 Å². The van der Waals surface area contributed by atoms with E-state index in [4.69, 9.17) is 0 Å². The Kier molecular flexibility index (Phi) is 8.33. The van der Waals surface area contributed by atoms with E-state index in [2.05, 4.69) is 15.6 Å². The van der Waals surface area contributed by atoms with Gasteiger partial charge in [-0.25, -0.2) is 0 Å². The third-order valence-corrected chi connectivity index (χ3v) is 4.46. The Morgan fingerprint density at radius 2 is 1.79 bits per heavy atom. The lowest BCUT2D eigenvalue weighted by Crippen LogP contribution is -2.49. The Hall–Kier alpha value is -3.22. The lowest BCUT2D eigenvalue weighted by Gasteiger charge is -2.21. The van der Waals surface area contributed by atoms with Crippen molar-refractivity contribution in [2.24, 2.45) is 11.8 Å². The van der Waals surface area contributed by atoms with Crippen LogP contribution >= 0.6 is 0 Å². The van der Waals surface area contributed by atoms with Crippen LogP contribution in [0.15, 0.2) is 54.9 Å². The van der Waals surface area contributed by atoms with E-state index >= 15 is 0 Å². The molecule has 2 aromatic rings. The van der Waals surface area contributed by atoms with E-state index in [1.807, 2.05) is 44.2 Å². The van der Waals surface area contributed by atoms with Gasteiger partial charge < -0.3 is 15.7 Å². The molecule has 0 aliphatic rings. The lowest BCUT2D eigenvalue weighted by atomic mass is 9.97. The van der Waals surface area contributed by atoms with Crippen molar-refractivity contribution in [2.75, 3.05) is 6.54 Å². The highest BCUT2D eigenvalue weighted by atomic mass is 16.4. The van der Waals surface area contributed by atoms with Crippen molar-refractivity contribution in [3.05, 3.63) is 66.0 Å². The van der Waals surface area contributed by atoms with Gasteiger partial charge in [-0.1, -0.05) is 44.2 Å². The highest BCUT2D eigenvalue weighted by Crippen LogP contribution is 2.12. The molecule has 0 aliphatic carbocycles. The summed E-state index contributed by atoms with van der Waals surface area (Å²) in [6.07, 6.45) is 3.74. The number of pyridine rings is 1. The number of carbonyl (C=O) groups is 3. The lowest BCUT2D eigenvalue weighted by molar-refractivity contribution is -0.142. The molecular weight excluding hydrogens is 370 g/mol. The molecule has 1 heterocycles. The molecule has 0 bridgehead atoms. The van der Waals surface area contributed by atoms with Crippen LogP contribution < -0.4 is 10.6 Å². The summed E-state index contributed by atoms with van der Waals surface area (Å²) in [5.41, 5.74) is 1.23. The number of carbonyl (C=O) groups excluding carboxylic acids is 2. The van der Waals surface area contributed by atoms with Crippen LogP contribution in [-0.2, 0) is 16.0 Å². The van der Waals surface area contributed by atoms with Gasteiger partial charge in [-0.05, 0) is 30.0 Å². The number of benzene rings is 1. The summed E-state index contributed by atoms with van der Waals surface area (Å²) in [4.78, 5) is 40.7. The van der Waals surface area contributed by atoms with Crippen LogP contribution in [0.2, 0.25) is 0 Å². The van der Waals surface area contributed by atoms with Gasteiger partial charge in [0.1, 0.15) is 6.04 Å². The first-order chi connectivity index (χ1) is 13.9. The number of aliphatic carboxylic acids is 1.